The predicted octanol–water partition coefficient (Wildman–Crippen LogP) is 6.31. The van der Waals surface area contributed by atoms with Crippen LogP contribution in [0.25, 0.3) is 38.9 Å². The molecule has 1 N–H and O–H groups in total. The molecule has 0 bridgehead atoms. The van der Waals surface area contributed by atoms with Crippen LogP contribution in [0.1, 0.15) is 12.5 Å². The second-order valence-electron chi connectivity index (χ2n) is 9.33. The fourth-order valence-electron chi connectivity index (χ4n) is 4.93. The molecule has 2 heterocycles. The van der Waals surface area contributed by atoms with E-state index in [-0.39, 0.29) is 11.7 Å². The fourth-order valence-corrected chi connectivity index (χ4v) is 5.68. The van der Waals surface area contributed by atoms with Crippen molar-refractivity contribution >= 4 is 45.7 Å². The Morgan fingerprint density at radius 3 is 2.46 bits per heavy atom. The summed E-state index contributed by atoms with van der Waals surface area (Å²) in [4.78, 5) is 12.7. The van der Waals surface area contributed by atoms with Gasteiger partial charge in [0.15, 0.2) is 11.0 Å². The Hall–Kier alpha value is -4.89. The number of hydrazone groups is 1. The highest BCUT2D eigenvalue weighted by molar-refractivity contribution is 7.99. The van der Waals surface area contributed by atoms with Gasteiger partial charge in [0.1, 0.15) is 5.75 Å². The minimum Gasteiger partial charge on any atom is -0.497 e. The third-order valence-corrected chi connectivity index (χ3v) is 7.77. The first-order chi connectivity index (χ1) is 20.2. The Bertz CT molecular complexity index is 1860. The van der Waals surface area contributed by atoms with Crippen molar-refractivity contribution in [1.82, 2.24) is 24.8 Å². The van der Waals surface area contributed by atoms with E-state index < -0.39 is 0 Å². The minimum atomic E-state index is -0.233. The van der Waals surface area contributed by atoms with Crippen molar-refractivity contribution in [2.24, 2.45) is 5.10 Å². The lowest BCUT2D eigenvalue weighted by Gasteiger charge is -2.10. The van der Waals surface area contributed by atoms with Gasteiger partial charge in [-0.1, -0.05) is 54.2 Å². The Labute approximate surface area is 241 Å². The summed E-state index contributed by atoms with van der Waals surface area (Å²) in [6.07, 6.45) is 1.67. The van der Waals surface area contributed by atoms with Crippen molar-refractivity contribution in [2.45, 2.75) is 18.6 Å². The van der Waals surface area contributed by atoms with E-state index in [4.69, 9.17) is 4.74 Å². The summed E-state index contributed by atoms with van der Waals surface area (Å²) >= 11 is 1.30. The summed E-state index contributed by atoms with van der Waals surface area (Å²) in [6.45, 7) is 3.04. The molecule has 0 aliphatic heterocycles. The number of methoxy groups -OCH3 is 1. The maximum atomic E-state index is 12.7. The van der Waals surface area contributed by atoms with Crippen LogP contribution in [0.5, 0.6) is 5.75 Å². The van der Waals surface area contributed by atoms with Crippen molar-refractivity contribution < 1.29 is 9.53 Å². The largest absolute Gasteiger partial charge is 0.497 e. The number of nitrogens with zero attached hydrogens (tertiary/aromatic N) is 5. The minimum absolute atomic E-state index is 0.133. The summed E-state index contributed by atoms with van der Waals surface area (Å²) in [7, 11) is 1.63. The van der Waals surface area contributed by atoms with Crippen LogP contribution in [-0.4, -0.2) is 44.3 Å². The predicted molar refractivity (Wildman–Crippen MR) is 165 cm³/mol. The molecule has 1 amide bonds. The molecule has 41 heavy (non-hydrogen) atoms. The van der Waals surface area contributed by atoms with Gasteiger partial charge in [0.2, 0.25) is 0 Å². The number of carbonyl (C=O) groups excluding carboxylic acids is 1. The number of para-hydroxylation sites is 2. The van der Waals surface area contributed by atoms with Crippen molar-refractivity contribution in [2.75, 3.05) is 12.9 Å². The van der Waals surface area contributed by atoms with Crippen LogP contribution in [0, 0.1) is 0 Å². The molecule has 0 saturated heterocycles. The third kappa shape index (κ3) is 5.31. The highest BCUT2D eigenvalue weighted by Crippen LogP contribution is 2.30. The van der Waals surface area contributed by atoms with Gasteiger partial charge >= 0.3 is 0 Å². The molecule has 0 aliphatic carbocycles. The van der Waals surface area contributed by atoms with Crippen molar-refractivity contribution in [3.63, 3.8) is 0 Å². The van der Waals surface area contributed by atoms with Crippen LogP contribution in [0.15, 0.2) is 107 Å². The number of rotatable bonds is 9. The van der Waals surface area contributed by atoms with Crippen LogP contribution in [0.4, 0.5) is 0 Å². The Morgan fingerprint density at radius 1 is 0.927 bits per heavy atom. The van der Waals surface area contributed by atoms with E-state index in [1.807, 2.05) is 65.2 Å². The number of thioether (sulfide) groups is 1. The molecule has 0 radical (unpaired) electrons. The molecule has 0 atom stereocenters. The number of amides is 1. The van der Waals surface area contributed by atoms with Gasteiger partial charge in [-0.15, -0.1) is 10.2 Å². The first-order valence-corrected chi connectivity index (χ1v) is 14.3. The monoisotopic (exact) mass is 560 g/mol. The molecular formula is C32H28N6O2S. The number of ether oxygens (including phenoxy) is 1. The van der Waals surface area contributed by atoms with E-state index in [1.54, 1.807) is 13.3 Å². The van der Waals surface area contributed by atoms with Gasteiger partial charge in [-0.05, 0) is 67.1 Å². The van der Waals surface area contributed by atoms with Crippen molar-refractivity contribution in [3.8, 4) is 22.8 Å². The molecule has 0 spiro atoms. The van der Waals surface area contributed by atoms with Crippen LogP contribution in [0.2, 0.25) is 0 Å². The first kappa shape index (κ1) is 26.3. The lowest BCUT2D eigenvalue weighted by Crippen LogP contribution is -2.20. The molecule has 2 aromatic heterocycles. The summed E-state index contributed by atoms with van der Waals surface area (Å²) in [5.41, 5.74) is 7.75. The third-order valence-electron chi connectivity index (χ3n) is 6.84. The quantitative estimate of drug-likeness (QED) is 0.127. The number of benzene rings is 4. The topological polar surface area (TPSA) is 86.3 Å². The molecule has 6 rings (SSSR count). The van der Waals surface area contributed by atoms with Crippen molar-refractivity contribution in [1.29, 1.82) is 0 Å². The van der Waals surface area contributed by atoms with E-state index in [0.717, 1.165) is 29.1 Å². The SMILES string of the molecule is CCn1c2ccccc2c2cc(C=NNC(=O)CSc3nnc(-c4ccc(OC)cc4)n3-c3ccccc3)ccc21. The van der Waals surface area contributed by atoms with E-state index in [1.165, 1.54) is 33.6 Å². The summed E-state index contributed by atoms with van der Waals surface area (Å²) in [5, 5.41) is 16.0. The normalized spacial score (nSPS) is 11.5. The lowest BCUT2D eigenvalue weighted by molar-refractivity contribution is -0.118. The second kappa shape index (κ2) is 11.7. The number of hydrogen-bond acceptors (Lipinski definition) is 6. The summed E-state index contributed by atoms with van der Waals surface area (Å²) < 4.78 is 9.54. The van der Waals surface area contributed by atoms with E-state index in [0.29, 0.717) is 11.0 Å². The van der Waals surface area contributed by atoms with Crippen LogP contribution in [-0.2, 0) is 11.3 Å². The van der Waals surface area contributed by atoms with E-state index >= 15 is 0 Å². The van der Waals surface area contributed by atoms with Gasteiger partial charge < -0.3 is 9.30 Å². The average molecular weight is 561 g/mol. The number of hydrogen-bond donors (Lipinski definition) is 1. The fraction of sp³-hybridized carbons (Fsp3) is 0.125. The molecule has 0 unspecified atom stereocenters. The van der Waals surface area contributed by atoms with E-state index in [2.05, 4.69) is 68.6 Å². The van der Waals surface area contributed by atoms with Gasteiger partial charge in [-0.2, -0.15) is 5.10 Å². The van der Waals surface area contributed by atoms with E-state index in [9.17, 15) is 4.79 Å². The van der Waals surface area contributed by atoms with Crippen molar-refractivity contribution in [3.05, 3.63) is 103 Å². The zero-order valence-corrected chi connectivity index (χ0v) is 23.5. The zero-order valence-electron chi connectivity index (χ0n) is 22.7. The summed E-state index contributed by atoms with van der Waals surface area (Å²) in [5.74, 6) is 1.34. The molecule has 4 aromatic carbocycles. The number of nitrogens with one attached hydrogen (secondary N) is 1. The van der Waals surface area contributed by atoms with Crippen LogP contribution in [0.3, 0.4) is 0 Å². The number of carbonyl (C=O) groups is 1. The maximum Gasteiger partial charge on any atom is 0.250 e. The van der Waals surface area contributed by atoms with Gasteiger partial charge in [-0.25, -0.2) is 5.43 Å². The van der Waals surface area contributed by atoms with Gasteiger partial charge in [0.05, 0.1) is 19.1 Å². The molecule has 204 valence electrons. The Balaban J connectivity index is 1.17. The Morgan fingerprint density at radius 2 is 1.68 bits per heavy atom. The van der Waals surface area contributed by atoms with Gasteiger partial charge in [-0.3, -0.25) is 9.36 Å². The zero-order chi connectivity index (χ0) is 28.2. The first-order valence-electron chi connectivity index (χ1n) is 13.3. The standard InChI is InChI=1S/C32H28N6O2S/c1-3-37-28-12-8-7-11-26(28)27-19-22(13-18-29(27)37)20-33-34-30(39)21-41-32-36-35-31(23-14-16-25(40-2)17-15-23)38(32)24-9-5-4-6-10-24/h4-20H,3,21H2,1-2H3,(H,34,39). The number of aryl methyl sites for hydroxylation is 1. The van der Waals surface area contributed by atoms with Crippen LogP contribution < -0.4 is 10.2 Å². The molecule has 0 saturated carbocycles. The number of aromatic nitrogens is 4. The molecule has 8 nitrogen and oxygen atoms in total. The lowest BCUT2D eigenvalue weighted by atomic mass is 10.1. The van der Waals surface area contributed by atoms with Gasteiger partial charge in [0.25, 0.3) is 5.91 Å². The van der Waals surface area contributed by atoms with Crippen LogP contribution >= 0.6 is 11.8 Å². The molecular weight excluding hydrogens is 532 g/mol. The average Bonchev–Trinajstić information content (AvgIpc) is 3.59. The highest BCUT2D eigenvalue weighted by Gasteiger charge is 2.17. The molecule has 6 aromatic rings. The maximum absolute atomic E-state index is 12.7. The molecule has 9 heteroatoms. The Kier molecular flexibility index (Phi) is 7.51. The highest BCUT2D eigenvalue weighted by atomic mass is 32.2. The smallest absolute Gasteiger partial charge is 0.250 e. The number of fused-ring (bicyclic) bond motifs is 3. The van der Waals surface area contributed by atoms with Gasteiger partial charge in [0, 0.05) is 39.6 Å². The molecule has 0 aliphatic rings. The summed E-state index contributed by atoms with van der Waals surface area (Å²) in [6, 6.07) is 32.1. The molecule has 0 fully saturated rings. The second-order valence-corrected chi connectivity index (χ2v) is 10.3.